The standard InChI is InChI=1S/C19H25F6N/c1-6-14(17(20)9-13(3)19(23,24)25)10-16(18(4,21)22)12(2)11-26(5)15-7-8-15/h6,9-10,13,15H,2,7-8,11H2,1,3-5H3/b14-6+,16-10+,17-9-. The molecule has 1 saturated carbocycles. The summed E-state index contributed by atoms with van der Waals surface area (Å²) in [4.78, 5) is 1.88. The Hall–Kier alpha value is -1.50. The van der Waals surface area contributed by atoms with Crippen molar-refractivity contribution < 1.29 is 26.3 Å². The van der Waals surface area contributed by atoms with E-state index in [4.69, 9.17) is 0 Å². The van der Waals surface area contributed by atoms with E-state index in [1.165, 1.54) is 13.0 Å². The number of nitrogens with zero attached hydrogens (tertiary/aromatic N) is 1. The molecule has 1 aliphatic carbocycles. The summed E-state index contributed by atoms with van der Waals surface area (Å²) in [5.41, 5.74) is -0.697. The van der Waals surface area contributed by atoms with E-state index in [-0.39, 0.29) is 17.7 Å². The summed E-state index contributed by atoms with van der Waals surface area (Å²) >= 11 is 0. The van der Waals surface area contributed by atoms with E-state index in [9.17, 15) is 26.3 Å². The summed E-state index contributed by atoms with van der Waals surface area (Å²) in [6.07, 6.45) is -0.197. The average molecular weight is 381 g/mol. The molecule has 1 fully saturated rings. The summed E-state index contributed by atoms with van der Waals surface area (Å²) < 4.78 is 80.1. The summed E-state index contributed by atoms with van der Waals surface area (Å²) in [7, 11) is 1.79. The predicted octanol–water partition coefficient (Wildman–Crippen LogP) is 6.22. The van der Waals surface area contributed by atoms with Crippen LogP contribution in [0.1, 0.15) is 33.6 Å². The maximum absolute atomic E-state index is 14.2. The van der Waals surface area contributed by atoms with Gasteiger partial charge in [-0.2, -0.15) is 13.2 Å². The summed E-state index contributed by atoms with van der Waals surface area (Å²) in [5.74, 6) is -6.52. The molecule has 148 valence electrons. The molecule has 0 N–H and O–H groups in total. The fraction of sp³-hybridized carbons (Fsp3) is 0.579. The Kier molecular flexibility index (Phi) is 7.33. The Balaban J connectivity index is 3.12. The van der Waals surface area contributed by atoms with E-state index >= 15 is 0 Å². The van der Waals surface area contributed by atoms with Crippen LogP contribution in [0.25, 0.3) is 0 Å². The highest BCUT2D eigenvalue weighted by molar-refractivity contribution is 5.46. The van der Waals surface area contributed by atoms with Gasteiger partial charge in [0.15, 0.2) is 0 Å². The number of likely N-dealkylation sites (N-methyl/N-ethyl adjacent to an activating group) is 1. The fourth-order valence-corrected chi connectivity index (χ4v) is 2.43. The van der Waals surface area contributed by atoms with E-state index < -0.39 is 29.4 Å². The number of alkyl halides is 5. The molecular weight excluding hydrogens is 356 g/mol. The van der Waals surface area contributed by atoms with Crippen molar-refractivity contribution in [3.05, 3.63) is 47.4 Å². The van der Waals surface area contributed by atoms with E-state index in [1.807, 2.05) is 4.90 Å². The molecule has 0 aromatic rings. The minimum absolute atomic E-state index is 0.114. The molecule has 1 nitrogen and oxygen atoms in total. The summed E-state index contributed by atoms with van der Waals surface area (Å²) in [5, 5.41) is 0. The van der Waals surface area contributed by atoms with Gasteiger partial charge >= 0.3 is 6.18 Å². The van der Waals surface area contributed by atoms with Gasteiger partial charge in [0.2, 0.25) is 0 Å². The Morgan fingerprint density at radius 2 is 1.77 bits per heavy atom. The van der Waals surface area contributed by atoms with Crippen molar-refractivity contribution in [1.82, 2.24) is 4.90 Å². The molecule has 0 spiro atoms. The van der Waals surface area contributed by atoms with Gasteiger partial charge < -0.3 is 0 Å². The predicted molar refractivity (Wildman–Crippen MR) is 91.7 cm³/mol. The van der Waals surface area contributed by atoms with Crippen LogP contribution in [-0.2, 0) is 0 Å². The number of hydrogen-bond acceptors (Lipinski definition) is 1. The lowest BCUT2D eigenvalue weighted by atomic mass is 9.97. The Labute approximate surface area is 150 Å². The molecule has 1 atom stereocenters. The second-order valence-electron chi connectivity index (χ2n) is 6.79. The zero-order chi connectivity index (χ0) is 20.3. The largest absolute Gasteiger partial charge is 0.394 e. The van der Waals surface area contributed by atoms with E-state index in [1.54, 1.807) is 7.05 Å². The van der Waals surface area contributed by atoms with Crippen LogP contribution in [0.2, 0.25) is 0 Å². The first-order valence-corrected chi connectivity index (χ1v) is 8.36. The second kappa shape index (κ2) is 8.46. The molecular formula is C19H25F6N. The number of halogens is 6. The summed E-state index contributed by atoms with van der Waals surface area (Å²) in [6.45, 7) is 6.70. The first-order chi connectivity index (χ1) is 11.8. The van der Waals surface area contributed by atoms with Crippen LogP contribution in [0.3, 0.4) is 0 Å². The van der Waals surface area contributed by atoms with Crippen molar-refractivity contribution in [1.29, 1.82) is 0 Å². The molecule has 1 rings (SSSR count). The molecule has 0 bridgehead atoms. The normalized spacial score (nSPS) is 19.1. The van der Waals surface area contributed by atoms with Gasteiger partial charge in [-0.1, -0.05) is 19.6 Å². The van der Waals surface area contributed by atoms with Crippen LogP contribution in [0, 0.1) is 5.92 Å². The average Bonchev–Trinajstić information content (AvgIpc) is 3.29. The van der Waals surface area contributed by atoms with E-state index in [0.717, 1.165) is 25.8 Å². The maximum atomic E-state index is 14.2. The molecule has 1 unspecified atom stereocenters. The van der Waals surface area contributed by atoms with Gasteiger partial charge in [0, 0.05) is 30.7 Å². The topological polar surface area (TPSA) is 3.24 Å². The molecule has 0 radical (unpaired) electrons. The first kappa shape index (κ1) is 22.5. The molecule has 0 aliphatic heterocycles. The van der Waals surface area contributed by atoms with Crippen molar-refractivity contribution in [2.45, 2.75) is 51.8 Å². The van der Waals surface area contributed by atoms with Crippen molar-refractivity contribution >= 4 is 0 Å². The van der Waals surface area contributed by atoms with Gasteiger partial charge in [0.25, 0.3) is 5.92 Å². The molecule has 0 amide bonds. The van der Waals surface area contributed by atoms with Crippen LogP contribution in [0.4, 0.5) is 26.3 Å². The van der Waals surface area contributed by atoms with Crippen molar-refractivity contribution in [3.8, 4) is 0 Å². The Bertz CT molecular complexity index is 602. The van der Waals surface area contributed by atoms with Crippen LogP contribution in [-0.4, -0.2) is 36.6 Å². The lowest BCUT2D eigenvalue weighted by molar-refractivity contribution is -0.156. The van der Waals surface area contributed by atoms with Gasteiger partial charge in [-0.05, 0) is 44.5 Å². The molecule has 0 saturated heterocycles. The second-order valence-corrected chi connectivity index (χ2v) is 6.79. The highest BCUT2D eigenvalue weighted by atomic mass is 19.4. The fourth-order valence-electron chi connectivity index (χ4n) is 2.43. The molecule has 0 aromatic heterocycles. The van der Waals surface area contributed by atoms with Crippen LogP contribution in [0.5, 0.6) is 0 Å². The highest BCUT2D eigenvalue weighted by Gasteiger charge is 2.35. The van der Waals surface area contributed by atoms with E-state index in [2.05, 4.69) is 6.58 Å². The van der Waals surface area contributed by atoms with Gasteiger partial charge in [-0.3, -0.25) is 4.90 Å². The van der Waals surface area contributed by atoms with Crippen molar-refractivity contribution in [3.63, 3.8) is 0 Å². The lowest BCUT2D eigenvalue weighted by Gasteiger charge is -2.23. The smallest absolute Gasteiger partial charge is 0.299 e. The van der Waals surface area contributed by atoms with E-state index in [0.29, 0.717) is 19.0 Å². The molecule has 26 heavy (non-hydrogen) atoms. The van der Waals surface area contributed by atoms with Crippen molar-refractivity contribution in [2.75, 3.05) is 13.6 Å². The van der Waals surface area contributed by atoms with Crippen LogP contribution >= 0.6 is 0 Å². The zero-order valence-electron chi connectivity index (χ0n) is 15.4. The van der Waals surface area contributed by atoms with Gasteiger partial charge in [-0.25, -0.2) is 13.2 Å². The minimum atomic E-state index is -4.60. The van der Waals surface area contributed by atoms with Crippen LogP contribution < -0.4 is 0 Å². The molecule has 1 aliphatic rings. The quantitative estimate of drug-likeness (QED) is 0.357. The first-order valence-electron chi connectivity index (χ1n) is 8.36. The third-order valence-corrected chi connectivity index (χ3v) is 4.26. The number of allylic oxidation sites excluding steroid dienone is 5. The third-order valence-electron chi connectivity index (χ3n) is 4.26. The zero-order valence-corrected chi connectivity index (χ0v) is 15.4. The Morgan fingerprint density at radius 3 is 2.15 bits per heavy atom. The van der Waals surface area contributed by atoms with Crippen LogP contribution in [0.15, 0.2) is 47.4 Å². The number of rotatable bonds is 8. The number of hydrogen-bond donors (Lipinski definition) is 0. The maximum Gasteiger partial charge on any atom is 0.394 e. The van der Waals surface area contributed by atoms with Crippen molar-refractivity contribution in [2.24, 2.45) is 5.92 Å². The summed E-state index contributed by atoms with van der Waals surface area (Å²) in [6, 6.07) is 0.323. The third kappa shape index (κ3) is 6.67. The molecule has 0 heterocycles. The van der Waals surface area contributed by atoms with Gasteiger partial charge in [0.05, 0.1) is 5.92 Å². The van der Waals surface area contributed by atoms with Gasteiger partial charge in [0.1, 0.15) is 5.83 Å². The lowest BCUT2D eigenvalue weighted by Crippen LogP contribution is -2.27. The monoisotopic (exact) mass is 381 g/mol. The van der Waals surface area contributed by atoms with Gasteiger partial charge in [-0.15, -0.1) is 0 Å². The highest BCUT2D eigenvalue weighted by Crippen LogP contribution is 2.34. The minimum Gasteiger partial charge on any atom is -0.299 e. The molecule has 0 aromatic carbocycles. The Morgan fingerprint density at radius 1 is 1.23 bits per heavy atom. The molecule has 7 heteroatoms. The SMILES string of the molecule is C=C(CN(C)C1CC1)\C(=C/C(=C\C)C(/F)=C/C(C)C(F)(F)F)C(C)(F)F.